The minimum Gasteiger partial charge on any atom is -0.480 e. The molecule has 1 aromatic heterocycles. The van der Waals surface area contributed by atoms with E-state index in [4.69, 9.17) is 10.8 Å². The lowest BCUT2D eigenvalue weighted by atomic mass is 10.1. The van der Waals surface area contributed by atoms with Gasteiger partial charge < -0.3 is 15.4 Å². The van der Waals surface area contributed by atoms with Crippen LogP contribution in [0.3, 0.4) is 0 Å². The van der Waals surface area contributed by atoms with E-state index in [-0.39, 0.29) is 0 Å². The molecule has 82 valence electrons. The maximum absolute atomic E-state index is 10.8. The van der Waals surface area contributed by atoms with Crippen LogP contribution in [0, 0.1) is 0 Å². The van der Waals surface area contributed by atoms with Gasteiger partial charge >= 0.3 is 5.97 Å². The Balaban J connectivity index is 2.41. The van der Waals surface area contributed by atoms with Crippen LogP contribution in [0.15, 0.2) is 6.20 Å². The molecule has 15 heavy (non-hydrogen) atoms. The van der Waals surface area contributed by atoms with E-state index < -0.39 is 12.0 Å². The van der Waals surface area contributed by atoms with E-state index in [9.17, 15) is 4.79 Å². The number of carboxylic acids is 1. The number of hydrogen-bond donors (Lipinski definition) is 2. The monoisotopic (exact) mass is 209 g/mol. The van der Waals surface area contributed by atoms with E-state index in [1.54, 1.807) is 6.20 Å². The molecular weight excluding hydrogens is 194 g/mol. The van der Waals surface area contributed by atoms with Gasteiger partial charge in [-0.25, -0.2) is 4.98 Å². The Bertz CT molecular complexity index is 386. The summed E-state index contributed by atoms with van der Waals surface area (Å²) in [5.74, 6) is -0.0454. The Morgan fingerprint density at radius 2 is 2.53 bits per heavy atom. The van der Waals surface area contributed by atoms with Crippen LogP contribution in [0.2, 0.25) is 0 Å². The minimum absolute atomic E-state index is 0.302. The highest BCUT2D eigenvalue weighted by molar-refractivity contribution is 5.74. The first kappa shape index (κ1) is 10.2. The second-order valence-electron chi connectivity index (χ2n) is 4.03. The summed E-state index contributed by atoms with van der Waals surface area (Å²) >= 11 is 0. The first-order chi connectivity index (χ1) is 7.11. The van der Waals surface area contributed by atoms with Crippen molar-refractivity contribution in [2.24, 2.45) is 5.73 Å². The van der Waals surface area contributed by atoms with Crippen molar-refractivity contribution >= 4 is 5.97 Å². The molecule has 0 aliphatic carbocycles. The highest BCUT2D eigenvalue weighted by Gasteiger charge is 2.25. The van der Waals surface area contributed by atoms with Crippen LogP contribution in [-0.2, 0) is 11.2 Å². The molecule has 0 fully saturated rings. The number of rotatable bonds is 2. The maximum Gasteiger partial charge on any atom is 0.326 e. The van der Waals surface area contributed by atoms with E-state index in [0.717, 1.165) is 25.1 Å². The number of aliphatic carboxylic acids is 1. The highest BCUT2D eigenvalue weighted by Crippen LogP contribution is 2.27. The van der Waals surface area contributed by atoms with Crippen molar-refractivity contribution in [3.63, 3.8) is 0 Å². The zero-order chi connectivity index (χ0) is 11.0. The number of aryl methyl sites for hydroxylation is 1. The van der Waals surface area contributed by atoms with Crippen molar-refractivity contribution in [3.05, 3.63) is 17.7 Å². The molecule has 5 heteroatoms. The quantitative estimate of drug-likeness (QED) is 0.757. The topological polar surface area (TPSA) is 81.1 Å². The second-order valence-corrected chi connectivity index (χ2v) is 4.03. The summed E-state index contributed by atoms with van der Waals surface area (Å²) in [5.41, 5.74) is 6.22. The molecule has 2 heterocycles. The number of nitrogens with zero attached hydrogens (tertiary/aromatic N) is 2. The summed E-state index contributed by atoms with van der Waals surface area (Å²) < 4.78 is 1.97. The molecule has 0 amide bonds. The first-order valence-electron chi connectivity index (χ1n) is 5.15. The van der Waals surface area contributed by atoms with Crippen LogP contribution < -0.4 is 5.73 Å². The molecular formula is C10H15N3O2. The molecule has 0 radical (unpaired) electrons. The second kappa shape index (κ2) is 3.66. The molecule has 2 rings (SSSR count). The number of carboxylic acid groups (broad SMARTS) is 1. The Morgan fingerprint density at radius 1 is 1.80 bits per heavy atom. The van der Waals surface area contributed by atoms with Crippen LogP contribution >= 0.6 is 0 Å². The molecule has 1 aliphatic rings. The van der Waals surface area contributed by atoms with Crippen LogP contribution in [0.4, 0.5) is 0 Å². The predicted octanol–water partition coefficient (Wildman–Crippen LogP) is 0.865. The Labute approximate surface area is 87.9 Å². The molecule has 0 saturated carbocycles. The fraction of sp³-hybridized carbons (Fsp3) is 0.600. The first-order valence-corrected chi connectivity index (χ1v) is 5.15. The summed E-state index contributed by atoms with van der Waals surface area (Å²) in [6.07, 6.45) is 4.68. The average Bonchev–Trinajstić information content (AvgIpc) is 2.61. The van der Waals surface area contributed by atoms with Crippen molar-refractivity contribution < 1.29 is 9.90 Å². The smallest absolute Gasteiger partial charge is 0.326 e. The molecule has 1 aromatic rings. The summed E-state index contributed by atoms with van der Waals surface area (Å²) in [4.78, 5) is 15.1. The molecule has 3 N–H and O–H groups in total. The summed E-state index contributed by atoms with van der Waals surface area (Å²) in [6, 6.07) is -0.663. The minimum atomic E-state index is -1.00. The number of hydrogen-bond acceptors (Lipinski definition) is 3. The number of nitrogens with two attached hydrogens (primary N) is 1. The van der Waals surface area contributed by atoms with Crippen LogP contribution in [-0.4, -0.2) is 20.6 Å². The van der Waals surface area contributed by atoms with Gasteiger partial charge in [-0.1, -0.05) is 0 Å². The van der Waals surface area contributed by atoms with Crippen LogP contribution in [0.25, 0.3) is 0 Å². The molecule has 0 aromatic carbocycles. The van der Waals surface area contributed by atoms with Gasteiger partial charge in [0.2, 0.25) is 0 Å². The van der Waals surface area contributed by atoms with Crippen LogP contribution in [0.5, 0.6) is 0 Å². The van der Waals surface area contributed by atoms with Gasteiger partial charge in [0, 0.05) is 12.5 Å². The Morgan fingerprint density at radius 3 is 3.20 bits per heavy atom. The van der Waals surface area contributed by atoms with Crippen LogP contribution in [0.1, 0.15) is 43.4 Å². The zero-order valence-electron chi connectivity index (χ0n) is 8.68. The predicted molar refractivity (Wildman–Crippen MR) is 54.4 cm³/mol. The summed E-state index contributed by atoms with van der Waals surface area (Å²) in [6.45, 7) is 2.07. The lowest BCUT2D eigenvalue weighted by molar-refractivity contribution is -0.138. The molecule has 0 bridgehead atoms. The van der Waals surface area contributed by atoms with Gasteiger partial charge in [-0.05, 0) is 19.8 Å². The van der Waals surface area contributed by atoms with E-state index in [0.29, 0.717) is 11.7 Å². The SMILES string of the molecule is CC1CCCc2ncc(C(N)C(=O)O)n21. The molecule has 0 saturated heterocycles. The normalized spacial score (nSPS) is 22.1. The lowest BCUT2D eigenvalue weighted by Gasteiger charge is -2.24. The number of aromatic nitrogens is 2. The van der Waals surface area contributed by atoms with Gasteiger partial charge in [0.15, 0.2) is 0 Å². The van der Waals surface area contributed by atoms with Gasteiger partial charge in [-0.2, -0.15) is 0 Å². The van der Waals surface area contributed by atoms with Gasteiger partial charge in [0.25, 0.3) is 0 Å². The fourth-order valence-electron chi connectivity index (χ4n) is 2.15. The third kappa shape index (κ3) is 1.63. The third-order valence-electron chi connectivity index (χ3n) is 2.95. The molecule has 2 atom stereocenters. The molecule has 1 aliphatic heterocycles. The van der Waals surface area contributed by atoms with Crippen molar-refractivity contribution in [3.8, 4) is 0 Å². The van der Waals surface area contributed by atoms with Crippen molar-refractivity contribution in [1.82, 2.24) is 9.55 Å². The molecule has 0 spiro atoms. The Kier molecular flexibility index (Phi) is 2.48. The van der Waals surface area contributed by atoms with Gasteiger partial charge in [-0.15, -0.1) is 0 Å². The average molecular weight is 209 g/mol. The highest BCUT2D eigenvalue weighted by atomic mass is 16.4. The van der Waals surface area contributed by atoms with Gasteiger partial charge in [0.1, 0.15) is 11.9 Å². The molecule has 5 nitrogen and oxygen atoms in total. The van der Waals surface area contributed by atoms with E-state index in [1.165, 1.54) is 0 Å². The zero-order valence-corrected chi connectivity index (χ0v) is 8.68. The van der Waals surface area contributed by atoms with Gasteiger partial charge in [-0.3, -0.25) is 4.79 Å². The van der Waals surface area contributed by atoms with Crippen molar-refractivity contribution in [2.45, 2.75) is 38.3 Å². The van der Waals surface area contributed by atoms with E-state index >= 15 is 0 Å². The molecule has 2 unspecified atom stereocenters. The number of fused-ring (bicyclic) bond motifs is 1. The number of carbonyl (C=O) groups is 1. The maximum atomic E-state index is 10.8. The van der Waals surface area contributed by atoms with Crippen molar-refractivity contribution in [1.29, 1.82) is 0 Å². The third-order valence-corrected chi connectivity index (χ3v) is 2.95. The van der Waals surface area contributed by atoms with E-state index in [1.807, 2.05) is 4.57 Å². The van der Waals surface area contributed by atoms with E-state index in [2.05, 4.69) is 11.9 Å². The fourth-order valence-corrected chi connectivity index (χ4v) is 2.15. The summed E-state index contributed by atoms with van der Waals surface area (Å²) in [5, 5.41) is 8.88. The standard InChI is InChI=1S/C10H15N3O2/c1-6-3-2-4-8-12-5-7(13(6)8)9(11)10(14)15/h5-6,9H,2-4,11H2,1H3,(H,14,15). The lowest BCUT2D eigenvalue weighted by Crippen LogP contribution is -2.27. The number of imidazole rings is 1. The summed E-state index contributed by atoms with van der Waals surface area (Å²) in [7, 11) is 0. The van der Waals surface area contributed by atoms with Gasteiger partial charge in [0.05, 0.1) is 11.9 Å². The largest absolute Gasteiger partial charge is 0.480 e. The Hall–Kier alpha value is -1.36. The van der Waals surface area contributed by atoms with Crippen molar-refractivity contribution in [2.75, 3.05) is 0 Å².